The van der Waals surface area contributed by atoms with Gasteiger partial charge in [0.05, 0.1) is 18.6 Å². The number of hydroxylamine groups is 1. The molecule has 0 aromatic heterocycles. The van der Waals surface area contributed by atoms with E-state index in [4.69, 9.17) is 26.3 Å². The quantitative estimate of drug-likeness (QED) is 0.170. The monoisotopic (exact) mass is 644 g/mol. The summed E-state index contributed by atoms with van der Waals surface area (Å²) in [4.78, 5) is 25.1. The van der Waals surface area contributed by atoms with Crippen molar-refractivity contribution in [2.45, 2.75) is 64.1 Å². The zero-order valence-corrected chi connectivity index (χ0v) is 26.0. The fraction of sp³-hybridized carbons (Fsp3) is 0.375. The van der Waals surface area contributed by atoms with Crippen LogP contribution in [-0.4, -0.2) is 53.5 Å². The Bertz CT molecular complexity index is 1230. The van der Waals surface area contributed by atoms with Crippen LogP contribution in [0.25, 0.3) is 0 Å². The number of rotatable bonds is 11. The molecule has 1 fully saturated rings. The topological polar surface area (TPSA) is 88.1 Å². The minimum atomic E-state index is -0.461. The molecule has 2 amide bonds. The second kappa shape index (κ2) is 16.5. The van der Waals surface area contributed by atoms with Gasteiger partial charge in [0.25, 0.3) is 0 Å². The molecule has 2 N–H and O–H groups in total. The summed E-state index contributed by atoms with van der Waals surface area (Å²) in [5, 5.41) is 9.57. The number of nitrogens with one attached hydrogen (secondary N) is 1. The maximum absolute atomic E-state index is 11.7. The van der Waals surface area contributed by atoms with Crippen LogP contribution in [0.3, 0.4) is 0 Å². The first-order valence-electron chi connectivity index (χ1n) is 13.7. The molecule has 41 heavy (non-hydrogen) atoms. The predicted octanol–water partition coefficient (Wildman–Crippen LogP) is 7.19. The van der Waals surface area contributed by atoms with Gasteiger partial charge in [-0.1, -0.05) is 82.1 Å². The lowest BCUT2D eigenvalue weighted by molar-refractivity contribution is -0.132. The van der Waals surface area contributed by atoms with E-state index in [-0.39, 0.29) is 36.6 Å². The van der Waals surface area contributed by atoms with Crippen molar-refractivity contribution in [3.05, 3.63) is 105 Å². The summed E-state index contributed by atoms with van der Waals surface area (Å²) in [5.74, 6) is -0.497. The number of hydrogen-bond acceptors (Lipinski definition) is 5. The van der Waals surface area contributed by atoms with Crippen molar-refractivity contribution >= 4 is 39.5 Å². The molecular formula is C32H38BrClN2O5. The highest BCUT2D eigenvalue weighted by Gasteiger charge is 2.34. The van der Waals surface area contributed by atoms with Crippen LogP contribution in [0.1, 0.15) is 49.8 Å². The summed E-state index contributed by atoms with van der Waals surface area (Å²) < 4.78 is 11.9. The highest BCUT2D eigenvalue weighted by atomic mass is 79.9. The van der Waals surface area contributed by atoms with E-state index in [1.807, 2.05) is 92.4 Å². The molecule has 1 unspecified atom stereocenters. The molecule has 0 bridgehead atoms. The van der Waals surface area contributed by atoms with Gasteiger partial charge in [-0.25, -0.2) is 10.3 Å². The standard InChI is InChI=1S/C19H21BrClNO3.C13H17NO2/c1-2-25-18(12-19(23)22-24)17(14-5-7-15(20)8-6-14)11-13-3-9-16(21)10-4-13;1-10(2)14-12(9-16-13(14)15)8-11-6-4-3-5-7-11/h3-10,17-18,24H,2,11-12H2,1H3,(H,22,23);3-7,10,12H,8-9H2,1-2H3/t17?,18-;12-/m11/s1. The summed E-state index contributed by atoms with van der Waals surface area (Å²) in [6.07, 6.45) is 1.11. The summed E-state index contributed by atoms with van der Waals surface area (Å²) in [6, 6.07) is 26.2. The molecule has 4 rings (SSSR count). The number of carbonyl (C=O) groups excluding carboxylic acids is 2. The fourth-order valence-electron chi connectivity index (χ4n) is 4.96. The lowest BCUT2D eigenvalue weighted by Crippen LogP contribution is -2.40. The van der Waals surface area contributed by atoms with Gasteiger partial charge in [0.1, 0.15) is 6.61 Å². The number of amides is 2. The van der Waals surface area contributed by atoms with Gasteiger partial charge in [0, 0.05) is 28.1 Å². The Kier molecular flexibility index (Phi) is 13.1. The lowest BCUT2D eigenvalue weighted by atomic mass is 9.85. The third-order valence-electron chi connectivity index (χ3n) is 6.88. The number of cyclic esters (lactones) is 1. The highest BCUT2D eigenvalue weighted by molar-refractivity contribution is 9.10. The Morgan fingerprint density at radius 1 is 1.07 bits per heavy atom. The molecule has 9 heteroatoms. The first kappa shape index (κ1) is 32.6. The van der Waals surface area contributed by atoms with Gasteiger partial charge < -0.3 is 9.47 Å². The van der Waals surface area contributed by atoms with Crippen LogP contribution in [0.5, 0.6) is 0 Å². The molecule has 3 aromatic carbocycles. The highest BCUT2D eigenvalue weighted by Crippen LogP contribution is 2.30. The summed E-state index contributed by atoms with van der Waals surface area (Å²) in [5.41, 5.74) is 5.12. The van der Waals surface area contributed by atoms with Crippen molar-refractivity contribution in [2.75, 3.05) is 13.2 Å². The van der Waals surface area contributed by atoms with Crippen LogP contribution in [0.4, 0.5) is 4.79 Å². The maximum Gasteiger partial charge on any atom is 0.410 e. The van der Waals surface area contributed by atoms with Crippen molar-refractivity contribution in [2.24, 2.45) is 0 Å². The molecule has 0 spiro atoms. The number of halogens is 2. The van der Waals surface area contributed by atoms with Crippen LogP contribution in [0.15, 0.2) is 83.3 Å². The van der Waals surface area contributed by atoms with Crippen molar-refractivity contribution in [3.63, 3.8) is 0 Å². The average molecular weight is 646 g/mol. The number of ether oxygens (including phenoxy) is 2. The van der Waals surface area contributed by atoms with E-state index in [9.17, 15) is 9.59 Å². The van der Waals surface area contributed by atoms with E-state index in [0.717, 1.165) is 22.0 Å². The SMILES string of the molecule is CC(C)N1C(=O)OC[C@H]1Cc1ccccc1.CCO[C@H](CC(=O)NO)C(Cc1ccc(Cl)cc1)c1ccc(Br)cc1. The molecule has 0 aliphatic carbocycles. The molecular weight excluding hydrogens is 608 g/mol. The normalized spacial score (nSPS) is 16.0. The third kappa shape index (κ3) is 10.1. The second-order valence-electron chi connectivity index (χ2n) is 10.1. The van der Waals surface area contributed by atoms with Crippen molar-refractivity contribution in [1.82, 2.24) is 10.4 Å². The molecule has 3 aromatic rings. The van der Waals surface area contributed by atoms with Gasteiger partial charge in [0.2, 0.25) is 5.91 Å². The Morgan fingerprint density at radius 3 is 2.32 bits per heavy atom. The second-order valence-corrected chi connectivity index (χ2v) is 11.5. The zero-order chi connectivity index (χ0) is 29.8. The number of benzene rings is 3. The Balaban J connectivity index is 0.000000248. The zero-order valence-electron chi connectivity index (χ0n) is 23.6. The smallest absolute Gasteiger partial charge is 0.410 e. The van der Waals surface area contributed by atoms with Gasteiger partial charge in [-0.2, -0.15) is 0 Å². The summed E-state index contributed by atoms with van der Waals surface area (Å²) in [7, 11) is 0. The number of nitrogens with zero attached hydrogens (tertiary/aromatic N) is 1. The number of hydrogen-bond donors (Lipinski definition) is 2. The molecule has 3 atom stereocenters. The van der Waals surface area contributed by atoms with Crippen molar-refractivity contribution < 1.29 is 24.3 Å². The van der Waals surface area contributed by atoms with Crippen molar-refractivity contribution in [3.8, 4) is 0 Å². The molecule has 0 saturated carbocycles. The summed E-state index contributed by atoms with van der Waals surface area (Å²) in [6.45, 7) is 6.92. The molecule has 1 aliphatic heterocycles. The van der Waals surface area contributed by atoms with Gasteiger partial charge in [0.15, 0.2) is 0 Å². The minimum absolute atomic E-state index is 0.0356. The van der Waals surface area contributed by atoms with Crippen LogP contribution in [0.2, 0.25) is 5.02 Å². The van der Waals surface area contributed by atoms with Crippen molar-refractivity contribution in [1.29, 1.82) is 0 Å². The Hall–Kier alpha value is -2.91. The third-order valence-corrected chi connectivity index (χ3v) is 7.66. The minimum Gasteiger partial charge on any atom is -0.447 e. The van der Waals surface area contributed by atoms with Crippen LogP contribution in [0, 0.1) is 0 Å². The molecule has 1 saturated heterocycles. The maximum atomic E-state index is 11.7. The fourth-order valence-corrected chi connectivity index (χ4v) is 5.35. The van der Waals surface area contributed by atoms with Gasteiger partial charge >= 0.3 is 6.09 Å². The molecule has 0 radical (unpaired) electrons. The van der Waals surface area contributed by atoms with E-state index in [2.05, 4.69) is 28.1 Å². The first-order chi connectivity index (χ1) is 19.7. The first-order valence-corrected chi connectivity index (χ1v) is 14.9. The van der Waals surface area contributed by atoms with Gasteiger partial charge in [-0.3, -0.25) is 14.9 Å². The van der Waals surface area contributed by atoms with E-state index in [1.165, 1.54) is 5.56 Å². The Labute approximate surface area is 255 Å². The van der Waals surface area contributed by atoms with Crippen LogP contribution in [-0.2, 0) is 27.1 Å². The molecule has 1 aliphatic rings. The van der Waals surface area contributed by atoms with Gasteiger partial charge in [-0.05, 0) is 74.6 Å². The lowest BCUT2D eigenvalue weighted by Gasteiger charge is -2.27. The Morgan fingerprint density at radius 2 is 1.73 bits per heavy atom. The average Bonchev–Trinajstić information content (AvgIpc) is 3.33. The molecule has 7 nitrogen and oxygen atoms in total. The van der Waals surface area contributed by atoms with Crippen LogP contribution < -0.4 is 5.48 Å². The van der Waals surface area contributed by atoms with E-state index >= 15 is 0 Å². The predicted molar refractivity (Wildman–Crippen MR) is 164 cm³/mol. The number of carbonyl (C=O) groups is 2. The summed E-state index contributed by atoms with van der Waals surface area (Å²) >= 11 is 9.42. The molecule has 220 valence electrons. The van der Waals surface area contributed by atoms with E-state index < -0.39 is 5.91 Å². The van der Waals surface area contributed by atoms with Crippen LogP contribution >= 0.6 is 27.5 Å². The van der Waals surface area contributed by atoms with Gasteiger partial charge in [-0.15, -0.1) is 0 Å². The molecule has 1 heterocycles. The van der Waals surface area contributed by atoms with E-state index in [1.54, 1.807) is 5.48 Å². The largest absolute Gasteiger partial charge is 0.447 e. The van der Waals surface area contributed by atoms with E-state index in [0.29, 0.717) is 24.7 Å².